The molecule has 0 aromatic carbocycles. The van der Waals surface area contributed by atoms with E-state index in [0.717, 1.165) is 28.5 Å². The average Bonchev–Trinajstić information content (AvgIpc) is 2.99. The van der Waals surface area contributed by atoms with Gasteiger partial charge in [-0.05, 0) is 44.5 Å². The van der Waals surface area contributed by atoms with Gasteiger partial charge in [0.2, 0.25) is 0 Å². The topological polar surface area (TPSA) is 80.5 Å². The van der Waals surface area contributed by atoms with Gasteiger partial charge in [0.25, 0.3) is 0 Å². The molecule has 0 bridgehead atoms. The van der Waals surface area contributed by atoms with Crippen molar-refractivity contribution < 1.29 is 14.2 Å². The number of nitriles is 1. The SMILES string of the molecule is Cc1ccc(OC2CO[C@H]3CN(c4nc(C)cc(C)c4C#N)C[C@@H]3OC2)cn1. The van der Waals surface area contributed by atoms with E-state index in [1.807, 2.05) is 39.0 Å². The van der Waals surface area contributed by atoms with Crippen LogP contribution >= 0.6 is 0 Å². The second-order valence-corrected chi connectivity index (χ2v) is 7.41. The van der Waals surface area contributed by atoms with Crippen LogP contribution in [0.2, 0.25) is 0 Å². The van der Waals surface area contributed by atoms with Crippen LogP contribution in [0.3, 0.4) is 0 Å². The van der Waals surface area contributed by atoms with Gasteiger partial charge in [-0.25, -0.2) is 4.98 Å². The van der Waals surface area contributed by atoms with Gasteiger partial charge in [0.05, 0.1) is 25.0 Å². The summed E-state index contributed by atoms with van der Waals surface area (Å²) in [5, 5.41) is 9.55. The lowest BCUT2D eigenvalue weighted by Gasteiger charge is -2.21. The van der Waals surface area contributed by atoms with E-state index < -0.39 is 0 Å². The highest BCUT2D eigenvalue weighted by Gasteiger charge is 2.39. The maximum absolute atomic E-state index is 9.55. The van der Waals surface area contributed by atoms with Gasteiger partial charge in [0.15, 0.2) is 0 Å². The Hall–Kier alpha value is -2.69. The summed E-state index contributed by atoms with van der Waals surface area (Å²) < 4.78 is 18.2. The Labute approximate surface area is 164 Å². The molecule has 2 aliphatic heterocycles. The van der Waals surface area contributed by atoms with E-state index in [1.54, 1.807) is 6.20 Å². The molecule has 0 spiro atoms. The number of hydrogen-bond donors (Lipinski definition) is 0. The lowest BCUT2D eigenvalue weighted by molar-refractivity contribution is -0.00461. The fourth-order valence-corrected chi connectivity index (χ4v) is 3.72. The van der Waals surface area contributed by atoms with Crippen LogP contribution in [-0.2, 0) is 9.47 Å². The molecule has 2 aromatic heterocycles. The van der Waals surface area contributed by atoms with Crippen molar-refractivity contribution in [2.24, 2.45) is 0 Å². The van der Waals surface area contributed by atoms with Crippen molar-refractivity contribution in [1.82, 2.24) is 9.97 Å². The third-order valence-electron chi connectivity index (χ3n) is 5.13. The highest BCUT2D eigenvalue weighted by Crippen LogP contribution is 2.29. The van der Waals surface area contributed by atoms with Crippen molar-refractivity contribution in [3.8, 4) is 11.8 Å². The number of aryl methyl sites for hydroxylation is 3. The van der Waals surface area contributed by atoms with Gasteiger partial charge in [-0.1, -0.05) is 0 Å². The second-order valence-electron chi connectivity index (χ2n) is 7.41. The predicted molar refractivity (Wildman–Crippen MR) is 104 cm³/mol. The molecule has 0 saturated carbocycles. The third-order valence-corrected chi connectivity index (χ3v) is 5.13. The zero-order chi connectivity index (χ0) is 19.7. The Bertz CT molecular complexity index is 878. The standard InChI is InChI=1S/C21H24N4O3/c1-13-6-15(3)24-21(18(13)7-22)25-9-19-20(10-25)27-12-17(11-26-19)28-16-5-4-14(2)23-8-16/h4-6,8,17,19-20H,9-12H2,1-3H3/t19-,20-/m0/s1. The van der Waals surface area contributed by atoms with Crippen molar-refractivity contribution in [1.29, 1.82) is 5.26 Å². The van der Waals surface area contributed by atoms with Gasteiger partial charge >= 0.3 is 0 Å². The zero-order valence-corrected chi connectivity index (χ0v) is 16.4. The van der Waals surface area contributed by atoms with E-state index in [-0.39, 0.29) is 18.3 Å². The fourth-order valence-electron chi connectivity index (χ4n) is 3.72. The molecule has 146 valence electrons. The minimum absolute atomic E-state index is 0.0705. The van der Waals surface area contributed by atoms with Crippen LogP contribution in [0, 0.1) is 32.1 Å². The molecule has 7 nitrogen and oxygen atoms in total. The molecule has 2 saturated heterocycles. The number of nitrogens with zero attached hydrogens (tertiary/aromatic N) is 4. The van der Waals surface area contributed by atoms with Crippen molar-refractivity contribution in [2.45, 2.75) is 39.1 Å². The number of fused-ring (bicyclic) bond motifs is 1. The maximum atomic E-state index is 9.55. The van der Waals surface area contributed by atoms with E-state index in [0.29, 0.717) is 31.9 Å². The second kappa shape index (κ2) is 7.74. The maximum Gasteiger partial charge on any atom is 0.147 e. The average molecular weight is 380 g/mol. The van der Waals surface area contributed by atoms with Crippen LogP contribution in [0.25, 0.3) is 0 Å². The summed E-state index contributed by atoms with van der Waals surface area (Å²) in [6.45, 7) is 8.03. The molecular weight excluding hydrogens is 356 g/mol. The molecule has 0 unspecified atom stereocenters. The van der Waals surface area contributed by atoms with E-state index in [1.165, 1.54) is 0 Å². The highest BCUT2D eigenvalue weighted by atomic mass is 16.6. The molecule has 2 atom stereocenters. The van der Waals surface area contributed by atoms with E-state index in [9.17, 15) is 5.26 Å². The fraction of sp³-hybridized carbons (Fsp3) is 0.476. The number of rotatable bonds is 3. The first kappa shape index (κ1) is 18.7. The van der Waals surface area contributed by atoms with Gasteiger partial charge in [0.1, 0.15) is 35.9 Å². The molecule has 28 heavy (non-hydrogen) atoms. The lowest BCUT2D eigenvalue weighted by atomic mass is 10.1. The minimum atomic E-state index is -0.169. The van der Waals surface area contributed by atoms with Crippen molar-refractivity contribution in [3.05, 3.63) is 46.9 Å². The molecule has 0 amide bonds. The van der Waals surface area contributed by atoms with Gasteiger partial charge in [-0.3, -0.25) is 4.98 Å². The predicted octanol–water partition coefficient (Wildman–Crippen LogP) is 2.33. The summed E-state index contributed by atoms with van der Waals surface area (Å²) >= 11 is 0. The first-order valence-electron chi connectivity index (χ1n) is 9.49. The highest BCUT2D eigenvalue weighted by molar-refractivity contribution is 5.59. The summed E-state index contributed by atoms with van der Waals surface area (Å²) in [5.41, 5.74) is 3.42. The minimum Gasteiger partial charge on any atom is -0.484 e. The summed E-state index contributed by atoms with van der Waals surface area (Å²) in [6.07, 6.45) is 1.41. The van der Waals surface area contributed by atoms with Gasteiger partial charge < -0.3 is 19.1 Å². The normalized spacial score (nSPS) is 22.4. The third kappa shape index (κ3) is 3.79. The van der Waals surface area contributed by atoms with Gasteiger partial charge in [-0.2, -0.15) is 5.26 Å². The quantitative estimate of drug-likeness (QED) is 0.808. The first-order valence-corrected chi connectivity index (χ1v) is 9.49. The molecule has 2 fully saturated rings. The first-order chi connectivity index (χ1) is 13.5. The number of anilines is 1. The van der Waals surface area contributed by atoms with Crippen LogP contribution in [0.1, 0.15) is 22.5 Å². The van der Waals surface area contributed by atoms with Gasteiger partial charge in [0, 0.05) is 24.5 Å². The number of hydrogen-bond acceptors (Lipinski definition) is 7. The lowest BCUT2D eigenvalue weighted by Crippen LogP contribution is -2.30. The van der Waals surface area contributed by atoms with Gasteiger partial charge in [-0.15, -0.1) is 0 Å². The summed E-state index contributed by atoms with van der Waals surface area (Å²) in [5.74, 6) is 1.44. The molecule has 0 aliphatic carbocycles. The van der Waals surface area contributed by atoms with Crippen LogP contribution in [0.15, 0.2) is 24.4 Å². The van der Waals surface area contributed by atoms with E-state index in [4.69, 9.17) is 14.2 Å². The molecule has 0 N–H and O–H groups in total. The molecule has 7 heteroatoms. The Balaban J connectivity index is 1.42. The number of aromatic nitrogens is 2. The summed E-state index contributed by atoms with van der Waals surface area (Å²) in [4.78, 5) is 11.0. The molecular formula is C21H24N4O3. The molecule has 2 aliphatic rings. The number of ether oxygens (including phenoxy) is 3. The largest absolute Gasteiger partial charge is 0.484 e. The Morgan fingerprint density at radius 1 is 1.11 bits per heavy atom. The smallest absolute Gasteiger partial charge is 0.147 e. The Morgan fingerprint density at radius 2 is 1.82 bits per heavy atom. The van der Waals surface area contributed by atoms with E-state index >= 15 is 0 Å². The van der Waals surface area contributed by atoms with E-state index in [2.05, 4.69) is 20.9 Å². The van der Waals surface area contributed by atoms with Crippen LogP contribution < -0.4 is 9.64 Å². The molecule has 0 radical (unpaired) electrons. The van der Waals surface area contributed by atoms with Crippen LogP contribution in [0.5, 0.6) is 5.75 Å². The molecule has 4 rings (SSSR count). The molecule has 2 aromatic rings. The Kier molecular flexibility index (Phi) is 5.16. The number of pyridine rings is 2. The monoisotopic (exact) mass is 380 g/mol. The van der Waals surface area contributed by atoms with Crippen molar-refractivity contribution >= 4 is 5.82 Å². The van der Waals surface area contributed by atoms with Crippen LogP contribution in [-0.4, -0.2) is 54.6 Å². The molecule has 4 heterocycles. The summed E-state index contributed by atoms with van der Waals surface area (Å²) in [6, 6.07) is 8.05. The van der Waals surface area contributed by atoms with Crippen molar-refractivity contribution in [3.63, 3.8) is 0 Å². The zero-order valence-electron chi connectivity index (χ0n) is 16.4. The van der Waals surface area contributed by atoms with Crippen molar-refractivity contribution in [2.75, 3.05) is 31.2 Å². The van der Waals surface area contributed by atoms with Crippen LogP contribution in [0.4, 0.5) is 5.82 Å². The summed E-state index contributed by atoms with van der Waals surface area (Å²) in [7, 11) is 0. The Morgan fingerprint density at radius 3 is 2.43 bits per heavy atom.